The van der Waals surface area contributed by atoms with Gasteiger partial charge in [-0.3, -0.25) is 9.59 Å². The molecule has 0 saturated carbocycles. The molecule has 2 unspecified atom stereocenters. The monoisotopic (exact) mass is 860 g/mol. The predicted octanol–water partition coefficient (Wildman–Crippen LogP) is 16.3. The van der Waals surface area contributed by atoms with Gasteiger partial charge in [-0.15, -0.1) is 0 Å². The highest BCUT2D eigenvalue weighted by Crippen LogP contribution is 2.17. The SMILES string of the molecule is CCCCC/C=C\CCCCCCCC(=O)OCCCCCC/C=C\CCCC(=O)NC(CO)C(O)CCCCCCCCCCCCCCCCCCCCCCCCC. The van der Waals surface area contributed by atoms with E-state index in [4.69, 9.17) is 4.74 Å². The quantitative estimate of drug-likeness (QED) is 0.0322. The highest BCUT2D eigenvalue weighted by atomic mass is 16.5. The number of aliphatic hydroxyl groups is 2. The summed E-state index contributed by atoms with van der Waals surface area (Å²) >= 11 is 0. The molecule has 0 bridgehead atoms. The van der Waals surface area contributed by atoms with Crippen LogP contribution in [0.2, 0.25) is 0 Å². The Bertz CT molecular complexity index is 951. The lowest BCUT2D eigenvalue weighted by Crippen LogP contribution is -2.45. The smallest absolute Gasteiger partial charge is 0.305 e. The van der Waals surface area contributed by atoms with Crippen LogP contribution in [0.5, 0.6) is 0 Å². The van der Waals surface area contributed by atoms with Gasteiger partial charge in [0.05, 0.1) is 25.4 Å². The average Bonchev–Trinajstić information content (AvgIpc) is 3.26. The summed E-state index contributed by atoms with van der Waals surface area (Å²) in [6.45, 7) is 4.84. The molecule has 0 aromatic heterocycles. The molecule has 0 aromatic carbocycles. The Labute approximate surface area is 380 Å². The van der Waals surface area contributed by atoms with Crippen LogP contribution in [0, 0.1) is 0 Å². The van der Waals surface area contributed by atoms with E-state index in [9.17, 15) is 19.8 Å². The first-order valence-corrected chi connectivity index (χ1v) is 27.1. The standard InChI is InChI=1S/C55H105NO5/c1-3-5-7-9-11-13-15-17-18-19-20-21-22-23-24-25-26-27-28-31-35-39-43-47-53(58)52(51-57)56-54(59)48-44-40-36-32-30-34-38-42-46-50-61-55(60)49-45-41-37-33-29-16-14-12-10-8-6-4-2/h12,14,32,36,52-53,57-58H,3-11,13,15-31,33-35,37-51H2,1-2H3,(H,56,59)/b14-12-,36-32-. The van der Waals surface area contributed by atoms with Gasteiger partial charge in [0.15, 0.2) is 0 Å². The van der Waals surface area contributed by atoms with E-state index < -0.39 is 12.1 Å². The molecule has 0 aliphatic rings. The Hall–Kier alpha value is -1.66. The summed E-state index contributed by atoms with van der Waals surface area (Å²) in [6.07, 6.45) is 60.3. The summed E-state index contributed by atoms with van der Waals surface area (Å²) in [7, 11) is 0. The van der Waals surface area contributed by atoms with Crippen LogP contribution in [-0.2, 0) is 14.3 Å². The second-order valence-corrected chi connectivity index (χ2v) is 18.6. The highest BCUT2D eigenvalue weighted by molar-refractivity contribution is 5.76. The van der Waals surface area contributed by atoms with E-state index in [2.05, 4.69) is 43.5 Å². The summed E-state index contributed by atoms with van der Waals surface area (Å²) in [6, 6.07) is -0.580. The number of hydrogen-bond acceptors (Lipinski definition) is 5. The molecule has 0 spiro atoms. The first-order valence-electron chi connectivity index (χ1n) is 27.1. The number of hydrogen-bond donors (Lipinski definition) is 3. The van der Waals surface area contributed by atoms with E-state index in [1.165, 1.54) is 186 Å². The fraction of sp³-hybridized carbons (Fsp3) is 0.891. The van der Waals surface area contributed by atoms with Gasteiger partial charge in [0.25, 0.3) is 0 Å². The summed E-state index contributed by atoms with van der Waals surface area (Å²) in [5, 5.41) is 23.3. The summed E-state index contributed by atoms with van der Waals surface area (Å²) in [5.41, 5.74) is 0. The molecule has 6 nitrogen and oxygen atoms in total. The van der Waals surface area contributed by atoms with E-state index >= 15 is 0 Å². The first kappa shape index (κ1) is 59.3. The van der Waals surface area contributed by atoms with E-state index in [1.54, 1.807) is 0 Å². The van der Waals surface area contributed by atoms with Gasteiger partial charge in [0.1, 0.15) is 0 Å². The minimum atomic E-state index is -0.696. The van der Waals surface area contributed by atoms with E-state index in [1.807, 2.05) is 0 Å². The molecule has 61 heavy (non-hydrogen) atoms. The van der Waals surface area contributed by atoms with Crippen molar-refractivity contribution < 1.29 is 24.5 Å². The molecule has 0 radical (unpaired) electrons. The maximum Gasteiger partial charge on any atom is 0.305 e. The normalized spacial score (nSPS) is 12.8. The number of aliphatic hydroxyl groups excluding tert-OH is 2. The lowest BCUT2D eigenvalue weighted by Gasteiger charge is -2.22. The second-order valence-electron chi connectivity index (χ2n) is 18.6. The highest BCUT2D eigenvalue weighted by Gasteiger charge is 2.20. The van der Waals surface area contributed by atoms with Gasteiger partial charge in [0, 0.05) is 12.8 Å². The van der Waals surface area contributed by atoms with E-state index in [0.717, 1.165) is 70.6 Å². The lowest BCUT2D eigenvalue weighted by atomic mass is 10.0. The third-order valence-electron chi connectivity index (χ3n) is 12.5. The molecule has 0 aliphatic heterocycles. The van der Waals surface area contributed by atoms with Crippen LogP contribution in [0.25, 0.3) is 0 Å². The Morgan fingerprint density at radius 1 is 0.443 bits per heavy atom. The van der Waals surface area contributed by atoms with Crippen molar-refractivity contribution in [1.29, 1.82) is 0 Å². The van der Waals surface area contributed by atoms with E-state index in [-0.39, 0.29) is 18.5 Å². The Morgan fingerprint density at radius 2 is 0.787 bits per heavy atom. The van der Waals surface area contributed by atoms with Gasteiger partial charge in [-0.25, -0.2) is 0 Å². The van der Waals surface area contributed by atoms with E-state index in [0.29, 0.717) is 25.9 Å². The predicted molar refractivity (Wildman–Crippen MR) is 264 cm³/mol. The molecule has 2 atom stereocenters. The van der Waals surface area contributed by atoms with Crippen molar-refractivity contribution in [3.63, 3.8) is 0 Å². The molecule has 0 rings (SSSR count). The topological polar surface area (TPSA) is 95.9 Å². The number of allylic oxidation sites excluding steroid dienone is 4. The molecule has 0 heterocycles. The van der Waals surface area contributed by atoms with Crippen LogP contribution in [0.4, 0.5) is 0 Å². The zero-order valence-electron chi connectivity index (χ0n) is 40.9. The Balaban J connectivity index is 3.52. The van der Waals surface area contributed by atoms with Crippen molar-refractivity contribution >= 4 is 11.9 Å². The Kier molecular flexibility index (Phi) is 49.6. The fourth-order valence-electron chi connectivity index (χ4n) is 8.28. The van der Waals surface area contributed by atoms with Crippen molar-refractivity contribution in [3.05, 3.63) is 24.3 Å². The molecule has 0 saturated heterocycles. The van der Waals surface area contributed by atoms with Gasteiger partial charge in [-0.05, 0) is 70.6 Å². The summed E-state index contributed by atoms with van der Waals surface area (Å²) in [4.78, 5) is 24.4. The fourth-order valence-corrected chi connectivity index (χ4v) is 8.28. The number of esters is 1. The summed E-state index contributed by atoms with van der Waals surface area (Å²) in [5.74, 6) is -0.139. The number of amides is 1. The first-order chi connectivity index (χ1) is 30.0. The molecule has 3 N–H and O–H groups in total. The van der Waals surface area contributed by atoms with Crippen molar-refractivity contribution in [1.82, 2.24) is 5.32 Å². The zero-order chi connectivity index (χ0) is 44.4. The number of rotatable bonds is 50. The maximum absolute atomic E-state index is 12.5. The van der Waals surface area contributed by atoms with Crippen molar-refractivity contribution in [2.75, 3.05) is 13.2 Å². The van der Waals surface area contributed by atoms with Gasteiger partial charge < -0.3 is 20.3 Å². The molecule has 0 fully saturated rings. The minimum absolute atomic E-state index is 0.0452. The average molecular weight is 860 g/mol. The lowest BCUT2D eigenvalue weighted by molar-refractivity contribution is -0.143. The largest absolute Gasteiger partial charge is 0.466 e. The number of nitrogens with one attached hydrogen (secondary N) is 1. The third kappa shape index (κ3) is 47.7. The molecule has 1 amide bonds. The van der Waals surface area contributed by atoms with Crippen molar-refractivity contribution in [2.45, 2.75) is 302 Å². The molecule has 0 aliphatic carbocycles. The zero-order valence-corrected chi connectivity index (χ0v) is 40.9. The van der Waals surface area contributed by atoms with Gasteiger partial charge >= 0.3 is 5.97 Å². The number of unbranched alkanes of at least 4 members (excludes halogenated alkanes) is 35. The molecule has 360 valence electrons. The number of ether oxygens (including phenoxy) is 1. The molecule has 6 heteroatoms. The third-order valence-corrected chi connectivity index (χ3v) is 12.5. The maximum atomic E-state index is 12.5. The molecular formula is C55H105NO5. The van der Waals surface area contributed by atoms with Crippen LogP contribution in [-0.4, -0.2) is 47.4 Å². The van der Waals surface area contributed by atoms with Gasteiger partial charge in [-0.1, -0.05) is 231 Å². The van der Waals surface area contributed by atoms with Crippen molar-refractivity contribution in [2.24, 2.45) is 0 Å². The van der Waals surface area contributed by atoms with Crippen LogP contribution >= 0.6 is 0 Å². The van der Waals surface area contributed by atoms with Crippen LogP contribution in [0.15, 0.2) is 24.3 Å². The summed E-state index contributed by atoms with van der Waals surface area (Å²) < 4.78 is 5.42. The second kappa shape index (κ2) is 51.0. The number of carbonyl (C=O) groups is 2. The molecule has 0 aromatic rings. The number of carbonyl (C=O) groups excluding carboxylic acids is 2. The van der Waals surface area contributed by atoms with Gasteiger partial charge in [0.2, 0.25) is 5.91 Å². The minimum Gasteiger partial charge on any atom is -0.466 e. The van der Waals surface area contributed by atoms with Gasteiger partial charge in [-0.2, -0.15) is 0 Å². The van der Waals surface area contributed by atoms with Crippen LogP contribution in [0.3, 0.4) is 0 Å². The Morgan fingerprint density at radius 3 is 1.23 bits per heavy atom. The van der Waals surface area contributed by atoms with Crippen molar-refractivity contribution in [3.8, 4) is 0 Å². The van der Waals surface area contributed by atoms with Crippen LogP contribution < -0.4 is 5.32 Å². The molecular weight excluding hydrogens is 755 g/mol. The van der Waals surface area contributed by atoms with Crippen LogP contribution in [0.1, 0.15) is 290 Å².